The zero-order valence-electron chi connectivity index (χ0n) is 10.9. The van der Waals surface area contributed by atoms with Crippen molar-refractivity contribution in [2.75, 3.05) is 12.5 Å². The summed E-state index contributed by atoms with van der Waals surface area (Å²) in [6.07, 6.45) is 4.33. The van der Waals surface area contributed by atoms with Gasteiger partial charge < -0.3 is 4.98 Å². The Labute approximate surface area is 139 Å². The van der Waals surface area contributed by atoms with E-state index in [0.29, 0.717) is 0 Å². The lowest BCUT2D eigenvalue weighted by molar-refractivity contribution is 1.16. The number of aryl methyl sites for hydroxylation is 2. The van der Waals surface area contributed by atoms with E-state index >= 15 is 0 Å². The van der Waals surface area contributed by atoms with Crippen molar-refractivity contribution in [3.8, 4) is 0 Å². The standard InChI is InChI=1S/C12H13NS6/c1-5-7-8(6(2)13-5)17-11(16-7)12-18-9(14-3)10(15-4)19-12/h13H,1-4H3. The van der Waals surface area contributed by atoms with Gasteiger partial charge in [-0.3, -0.25) is 0 Å². The van der Waals surface area contributed by atoms with Crippen molar-refractivity contribution in [1.82, 2.24) is 4.98 Å². The van der Waals surface area contributed by atoms with Crippen LogP contribution in [0, 0.1) is 13.8 Å². The largest absolute Gasteiger partial charge is 0.361 e. The van der Waals surface area contributed by atoms with Gasteiger partial charge in [0.15, 0.2) is 0 Å². The van der Waals surface area contributed by atoms with E-state index in [1.165, 1.54) is 38.1 Å². The van der Waals surface area contributed by atoms with Crippen LogP contribution in [-0.2, 0) is 0 Å². The first-order valence-corrected chi connectivity index (χ1v) is 11.3. The van der Waals surface area contributed by atoms with Gasteiger partial charge in [-0.05, 0) is 26.4 Å². The summed E-state index contributed by atoms with van der Waals surface area (Å²) in [7, 11) is 0. The third-order valence-corrected chi connectivity index (χ3v) is 11.3. The highest BCUT2D eigenvalue weighted by Gasteiger charge is 2.30. The maximum atomic E-state index is 3.43. The second-order valence-electron chi connectivity index (χ2n) is 4.00. The predicted octanol–water partition coefficient (Wildman–Crippen LogP) is 6.29. The van der Waals surface area contributed by atoms with Crippen molar-refractivity contribution in [3.05, 3.63) is 28.3 Å². The van der Waals surface area contributed by atoms with E-state index in [4.69, 9.17) is 0 Å². The van der Waals surface area contributed by atoms with Crippen LogP contribution in [0.3, 0.4) is 0 Å². The van der Waals surface area contributed by atoms with E-state index in [1.807, 2.05) is 70.6 Å². The minimum Gasteiger partial charge on any atom is -0.361 e. The van der Waals surface area contributed by atoms with Crippen LogP contribution >= 0.6 is 70.6 Å². The molecule has 2 aliphatic heterocycles. The number of thioether (sulfide) groups is 6. The molecule has 0 saturated heterocycles. The number of aromatic amines is 1. The normalized spacial score (nSPS) is 18.7. The number of H-pyrrole nitrogens is 1. The van der Waals surface area contributed by atoms with Crippen LogP contribution in [0.2, 0.25) is 0 Å². The topological polar surface area (TPSA) is 15.8 Å². The molecule has 0 radical (unpaired) electrons. The van der Waals surface area contributed by atoms with E-state index in [1.54, 1.807) is 0 Å². The van der Waals surface area contributed by atoms with Crippen molar-refractivity contribution < 1.29 is 0 Å². The minimum atomic E-state index is 1.30. The van der Waals surface area contributed by atoms with Gasteiger partial charge in [0, 0.05) is 21.2 Å². The Morgan fingerprint density at radius 1 is 0.737 bits per heavy atom. The summed E-state index contributed by atoms with van der Waals surface area (Å²) in [5.74, 6) is 0. The Balaban J connectivity index is 1.88. The molecular formula is C12H13NS6. The first kappa shape index (κ1) is 14.8. The highest BCUT2D eigenvalue weighted by Crippen LogP contribution is 2.64. The summed E-state index contributed by atoms with van der Waals surface area (Å²) in [5, 5.41) is 0. The molecule has 7 heteroatoms. The first-order chi connectivity index (χ1) is 9.13. The smallest absolute Gasteiger partial charge is 0.0717 e. The van der Waals surface area contributed by atoms with E-state index in [2.05, 4.69) is 31.3 Å². The summed E-state index contributed by atoms with van der Waals surface area (Å²) >= 11 is 11.5. The third kappa shape index (κ3) is 2.66. The lowest BCUT2D eigenvalue weighted by Crippen LogP contribution is -1.75. The van der Waals surface area contributed by atoms with Crippen molar-refractivity contribution in [1.29, 1.82) is 0 Å². The lowest BCUT2D eigenvalue weighted by Gasteiger charge is -2.02. The van der Waals surface area contributed by atoms with Crippen LogP contribution < -0.4 is 0 Å². The molecule has 0 unspecified atom stereocenters. The van der Waals surface area contributed by atoms with Crippen LogP contribution in [0.25, 0.3) is 0 Å². The maximum Gasteiger partial charge on any atom is 0.0717 e. The van der Waals surface area contributed by atoms with Gasteiger partial charge in [0.25, 0.3) is 0 Å². The van der Waals surface area contributed by atoms with Gasteiger partial charge in [-0.15, -0.1) is 23.5 Å². The summed E-state index contributed by atoms with van der Waals surface area (Å²) in [5.41, 5.74) is 2.61. The Bertz CT molecular complexity index is 551. The van der Waals surface area contributed by atoms with Crippen molar-refractivity contribution in [2.24, 2.45) is 0 Å². The molecule has 0 aliphatic carbocycles. The predicted molar refractivity (Wildman–Crippen MR) is 98.2 cm³/mol. The molecule has 19 heavy (non-hydrogen) atoms. The highest BCUT2D eigenvalue weighted by molar-refractivity contribution is 8.41. The van der Waals surface area contributed by atoms with Gasteiger partial charge in [-0.2, -0.15) is 0 Å². The second kappa shape index (κ2) is 5.93. The molecular weight excluding hydrogens is 351 g/mol. The van der Waals surface area contributed by atoms with Crippen molar-refractivity contribution in [2.45, 2.75) is 23.6 Å². The van der Waals surface area contributed by atoms with Gasteiger partial charge in [0.2, 0.25) is 0 Å². The SMILES string of the molecule is CSC1=C(SC)SC(=C2Sc3c(C)[nH]c(C)c3S2)S1. The first-order valence-electron chi connectivity index (χ1n) is 5.61. The molecule has 0 saturated carbocycles. The number of hydrogen-bond donors (Lipinski definition) is 1. The van der Waals surface area contributed by atoms with Crippen LogP contribution in [-0.4, -0.2) is 17.5 Å². The zero-order chi connectivity index (χ0) is 13.6. The van der Waals surface area contributed by atoms with E-state index in [0.717, 1.165) is 0 Å². The summed E-state index contributed by atoms with van der Waals surface area (Å²) in [6, 6.07) is 0. The Hall–Kier alpha value is 0.860. The van der Waals surface area contributed by atoms with Crippen molar-refractivity contribution >= 4 is 70.6 Å². The fraction of sp³-hybridized carbons (Fsp3) is 0.333. The van der Waals surface area contributed by atoms with E-state index in [9.17, 15) is 0 Å². The molecule has 1 N–H and O–H groups in total. The van der Waals surface area contributed by atoms with Crippen LogP contribution in [0.15, 0.2) is 26.7 Å². The molecule has 0 bridgehead atoms. The third-order valence-electron chi connectivity index (χ3n) is 2.73. The number of rotatable bonds is 2. The Morgan fingerprint density at radius 2 is 1.16 bits per heavy atom. The molecule has 102 valence electrons. The second-order valence-corrected chi connectivity index (χ2v) is 10.7. The quantitative estimate of drug-likeness (QED) is 0.659. The van der Waals surface area contributed by atoms with Crippen LogP contribution in [0.5, 0.6) is 0 Å². The van der Waals surface area contributed by atoms with Crippen LogP contribution in [0.1, 0.15) is 11.4 Å². The minimum absolute atomic E-state index is 1.30. The van der Waals surface area contributed by atoms with Gasteiger partial charge in [-0.1, -0.05) is 47.0 Å². The molecule has 3 heterocycles. The average molecular weight is 364 g/mol. The molecule has 0 spiro atoms. The highest BCUT2D eigenvalue weighted by atomic mass is 32.3. The fourth-order valence-electron chi connectivity index (χ4n) is 1.88. The molecule has 0 amide bonds. The number of hydrogen-bond acceptors (Lipinski definition) is 6. The van der Waals surface area contributed by atoms with Gasteiger partial charge >= 0.3 is 0 Å². The summed E-state index contributed by atoms with van der Waals surface area (Å²) in [6.45, 7) is 4.33. The molecule has 0 fully saturated rings. The monoisotopic (exact) mass is 363 g/mol. The molecule has 0 atom stereocenters. The Kier molecular flexibility index (Phi) is 4.61. The molecule has 0 aromatic carbocycles. The summed E-state index contributed by atoms with van der Waals surface area (Å²) < 4.78 is 5.81. The number of fused-ring (bicyclic) bond motifs is 1. The molecule has 1 aromatic heterocycles. The van der Waals surface area contributed by atoms with Crippen molar-refractivity contribution in [3.63, 3.8) is 0 Å². The zero-order valence-corrected chi connectivity index (χ0v) is 15.8. The Morgan fingerprint density at radius 3 is 1.58 bits per heavy atom. The molecule has 3 rings (SSSR count). The number of nitrogens with one attached hydrogen (secondary N) is 1. The lowest BCUT2D eigenvalue weighted by atomic mass is 10.4. The van der Waals surface area contributed by atoms with E-state index in [-0.39, 0.29) is 0 Å². The van der Waals surface area contributed by atoms with Gasteiger partial charge in [0.05, 0.1) is 16.9 Å². The molecule has 1 nitrogen and oxygen atoms in total. The summed E-state index contributed by atoms with van der Waals surface area (Å²) in [4.78, 5) is 6.28. The van der Waals surface area contributed by atoms with Crippen LogP contribution in [0.4, 0.5) is 0 Å². The van der Waals surface area contributed by atoms with E-state index < -0.39 is 0 Å². The van der Waals surface area contributed by atoms with Gasteiger partial charge in [0.1, 0.15) is 0 Å². The molecule has 1 aromatic rings. The van der Waals surface area contributed by atoms with Gasteiger partial charge in [-0.25, -0.2) is 0 Å². The molecule has 2 aliphatic rings. The maximum absolute atomic E-state index is 3.43. The number of aromatic nitrogens is 1. The fourth-order valence-corrected chi connectivity index (χ4v) is 9.88. The average Bonchev–Trinajstić information content (AvgIpc) is 3.06.